The van der Waals surface area contributed by atoms with Crippen molar-refractivity contribution in [3.63, 3.8) is 0 Å². The van der Waals surface area contributed by atoms with Gasteiger partial charge in [0.25, 0.3) is 0 Å². The van der Waals surface area contributed by atoms with E-state index < -0.39 is 17.7 Å². The first-order chi connectivity index (χ1) is 14.0. The Labute approximate surface area is 175 Å². The van der Waals surface area contributed by atoms with Crippen molar-refractivity contribution in [1.82, 2.24) is 15.6 Å². The molecule has 1 heterocycles. The lowest BCUT2D eigenvalue weighted by Crippen LogP contribution is -2.43. The average Bonchev–Trinajstić information content (AvgIpc) is 3.15. The first-order valence-electron chi connectivity index (χ1n) is 10.1. The Balaban J connectivity index is 1.76. The second-order valence-corrected chi connectivity index (χ2v) is 8.66. The van der Waals surface area contributed by atoms with E-state index in [1.165, 1.54) is 11.8 Å². The van der Waals surface area contributed by atoms with Crippen molar-refractivity contribution in [2.24, 2.45) is 11.0 Å². The van der Waals surface area contributed by atoms with Crippen LogP contribution in [0.4, 0.5) is 0 Å². The van der Waals surface area contributed by atoms with E-state index in [1.54, 1.807) is 12.1 Å². The van der Waals surface area contributed by atoms with Crippen molar-refractivity contribution in [2.45, 2.75) is 45.1 Å². The van der Waals surface area contributed by atoms with Gasteiger partial charge in [0.05, 0.1) is 0 Å². The molecule has 1 aliphatic carbocycles. The Hall–Kier alpha value is -2.35. The molecule has 1 aliphatic heterocycles. The van der Waals surface area contributed by atoms with Crippen LogP contribution in [0.1, 0.15) is 49.3 Å². The average molecular weight is 417 g/mol. The molecule has 0 bridgehead atoms. The second kappa shape index (κ2) is 9.91. The van der Waals surface area contributed by atoms with Crippen molar-refractivity contribution in [3.8, 4) is 0 Å². The first kappa shape index (κ1) is 21.4. The number of hydrogen-bond donors (Lipinski definition) is 2. The van der Waals surface area contributed by atoms with Crippen molar-refractivity contribution >= 4 is 34.5 Å². The van der Waals surface area contributed by atoms with Gasteiger partial charge in [-0.25, -0.2) is 5.43 Å². The summed E-state index contributed by atoms with van der Waals surface area (Å²) >= 11 is 1.52. The minimum absolute atomic E-state index is 0.102. The molecule has 2 N–H and O–H groups in total. The standard InChI is InChI=1S/C21H28N4O3S/c1-14-8-6-7-11-16(14)17(22-19(27)15-9-4-3-5-10-15)18(26)20(28)23-24-21-25(2)12-13-29-21/h6-8,11,15,17H,3-5,9-10,12-13H2,1-2H3,(H,22,27)(H,23,28). The fourth-order valence-corrected chi connectivity index (χ4v) is 4.67. The number of nitrogens with one attached hydrogen (secondary N) is 2. The molecule has 1 aromatic rings. The summed E-state index contributed by atoms with van der Waals surface area (Å²) in [4.78, 5) is 40.2. The van der Waals surface area contributed by atoms with E-state index in [-0.39, 0.29) is 11.8 Å². The Morgan fingerprint density at radius 1 is 1.17 bits per heavy atom. The van der Waals surface area contributed by atoms with Crippen LogP contribution in [-0.4, -0.2) is 47.0 Å². The fourth-order valence-electron chi connectivity index (χ4n) is 3.70. The van der Waals surface area contributed by atoms with Crippen LogP contribution in [0, 0.1) is 12.8 Å². The second-order valence-electron chi connectivity index (χ2n) is 7.60. The lowest BCUT2D eigenvalue weighted by atomic mass is 9.88. The van der Waals surface area contributed by atoms with E-state index in [2.05, 4.69) is 15.8 Å². The Morgan fingerprint density at radius 2 is 1.90 bits per heavy atom. The maximum atomic E-state index is 13.0. The number of amidine groups is 1. The van der Waals surface area contributed by atoms with Crippen LogP contribution in [0.15, 0.2) is 29.4 Å². The number of Topliss-reactive ketones (excluding diaryl/α,β-unsaturated/α-hetero) is 1. The van der Waals surface area contributed by atoms with Crippen molar-refractivity contribution in [1.29, 1.82) is 0 Å². The highest BCUT2D eigenvalue weighted by Crippen LogP contribution is 2.26. The van der Waals surface area contributed by atoms with Crippen LogP contribution < -0.4 is 10.7 Å². The first-order valence-corrected chi connectivity index (χ1v) is 11.1. The van der Waals surface area contributed by atoms with Crippen LogP contribution in [0.2, 0.25) is 0 Å². The van der Waals surface area contributed by atoms with E-state index >= 15 is 0 Å². The van der Waals surface area contributed by atoms with E-state index in [1.807, 2.05) is 31.0 Å². The molecule has 0 aromatic heterocycles. The van der Waals surface area contributed by atoms with Crippen LogP contribution in [0.25, 0.3) is 0 Å². The quantitative estimate of drug-likeness (QED) is 0.549. The normalized spacial score (nSPS) is 19.8. The number of carbonyl (C=O) groups excluding carboxylic acids is 3. The van der Waals surface area contributed by atoms with Gasteiger partial charge >= 0.3 is 5.91 Å². The van der Waals surface area contributed by atoms with Gasteiger partial charge in [-0.2, -0.15) is 0 Å². The lowest BCUT2D eigenvalue weighted by Gasteiger charge is -2.25. The molecule has 29 heavy (non-hydrogen) atoms. The van der Waals surface area contributed by atoms with E-state index in [9.17, 15) is 14.4 Å². The molecule has 0 spiro atoms. The SMILES string of the molecule is Cc1ccccc1C(NC(=O)C1CCCCC1)C(=O)C(=O)NN=C1SCCN1C. The number of aryl methyl sites for hydroxylation is 1. The molecule has 3 rings (SSSR count). The number of hydrogen-bond acceptors (Lipinski definition) is 5. The van der Waals surface area contributed by atoms with Crippen molar-refractivity contribution < 1.29 is 14.4 Å². The maximum absolute atomic E-state index is 13.0. The molecule has 7 nitrogen and oxygen atoms in total. The summed E-state index contributed by atoms with van der Waals surface area (Å²) in [5.41, 5.74) is 3.85. The zero-order chi connectivity index (χ0) is 20.8. The molecule has 1 saturated carbocycles. The lowest BCUT2D eigenvalue weighted by molar-refractivity contribution is -0.140. The van der Waals surface area contributed by atoms with E-state index in [0.29, 0.717) is 10.7 Å². The molecule has 2 fully saturated rings. The molecule has 1 atom stereocenters. The highest BCUT2D eigenvalue weighted by Gasteiger charge is 2.32. The summed E-state index contributed by atoms with van der Waals surface area (Å²) in [5, 5.41) is 7.58. The summed E-state index contributed by atoms with van der Waals surface area (Å²) < 4.78 is 0. The molecule has 2 aliphatic rings. The van der Waals surface area contributed by atoms with Gasteiger partial charge in [-0.05, 0) is 30.9 Å². The number of thioether (sulfide) groups is 1. The van der Waals surface area contributed by atoms with E-state index in [4.69, 9.17) is 0 Å². The molecule has 156 valence electrons. The van der Waals surface area contributed by atoms with Crippen LogP contribution in [0.3, 0.4) is 0 Å². The summed E-state index contributed by atoms with van der Waals surface area (Å²) in [6, 6.07) is 6.30. The third-order valence-electron chi connectivity index (χ3n) is 5.49. The molecular weight excluding hydrogens is 388 g/mol. The van der Waals surface area contributed by atoms with Gasteiger partial charge in [-0.3, -0.25) is 14.4 Å². The minimum atomic E-state index is -1.01. The number of amides is 2. The van der Waals surface area contributed by atoms with Crippen molar-refractivity contribution in [3.05, 3.63) is 35.4 Å². The van der Waals surface area contributed by atoms with Crippen LogP contribution in [0.5, 0.6) is 0 Å². The largest absolute Gasteiger partial charge is 0.352 e. The Bertz CT molecular complexity index is 805. The van der Waals surface area contributed by atoms with Gasteiger partial charge < -0.3 is 10.2 Å². The van der Waals surface area contributed by atoms with Crippen LogP contribution in [-0.2, 0) is 14.4 Å². The predicted octanol–water partition coefficient (Wildman–Crippen LogP) is 2.37. The highest BCUT2D eigenvalue weighted by molar-refractivity contribution is 8.14. The smallest absolute Gasteiger partial charge is 0.310 e. The molecule has 8 heteroatoms. The third-order valence-corrected chi connectivity index (χ3v) is 6.53. The van der Waals surface area contributed by atoms with Gasteiger partial charge in [0.1, 0.15) is 6.04 Å². The molecule has 1 unspecified atom stereocenters. The number of benzene rings is 1. The van der Waals surface area contributed by atoms with Gasteiger partial charge in [0, 0.05) is 25.3 Å². The molecule has 0 radical (unpaired) electrons. The predicted molar refractivity (Wildman–Crippen MR) is 114 cm³/mol. The highest BCUT2D eigenvalue weighted by atomic mass is 32.2. The monoisotopic (exact) mass is 416 g/mol. The Morgan fingerprint density at radius 3 is 2.55 bits per heavy atom. The van der Waals surface area contributed by atoms with Gasteiger partial charge in [-0.15, -0.1) is 5.10 Å². The fraction of sp³-hybridized carbons (Fsp3) is 0.524. The van der Waals surface area contributed by atoms with Crippen LogP contribution >= 0.6 is 11.8 Å². The zero-order valence-electron chi connectivity index (χ0n) is 16.9. The van der Waals surface area contributed by atoms with E-state index in [0.717, 1.165) is 50.0 Å². The molecule has 1 aromatic carbocycles. The summed E-state index contributed by atoms with van der Waals surface area (Å²) in [5.74, 6) is -0.900. The van der Waals surface area contributed by atoms with Crippen molar-refractivity contribution in [2.75, 3.05) is 19.3 Å². The molecule has 2 amide bonds. The number of hydrazone groups is 1. The molecular formula is C21H28N4O3S. The summed E-state index contributed by atoms with van der Waals surface area (Å²) in [7, 11) is 1.88. The topological polar surface area (TPSA) is 90.9 Å². The number of ketones is 1. The maximum Gasteiger partial charge on any atom is 0.310 e. The number of nitrogens with zero attached hydrogens (tertiary/aromatic N) is 2. The zero-order valence-corrected chi connectivity index (χ0v) is 17.8. The summed E-state index contributed by atoms with van der Waals surface area (Å²) in [6.45, 7) is 2.71. The Kier molecular flexibility index (Phi) is 7.30. The van der Waals surface area contributed by atoms with Gasteiger partial charge in [-0.1, -0.05) is 55.3 Å². The molecule has 1 saturated heterocycles. The van der Waals surface area contributed by atoms with Gasteiger partial charge in [0.2, 0.25) is 11.7 Å². The summed E-state index contributed by atoms with van der Waals surface area (Å²) in [6.07, 6.45) is 4.82. The number of carbonyl (C=O) groups is 3. The third kappa shape index (κ3) is 5.38. The van der Waals surface area contributed by atoms with Gasteiger partial charge in [0.15, 0.2) is 5.17 Å². The number of rotatable bonds is 6. The minimum Gasteiger partial charge on any atom is -0.352 e.